The lowest BCUT2D eigenvalue weighted by Gasteiger charge is -2.57. The Labute approximate surface area is 225 Å². The summed E-state index contributed by atoms with van der Waals surface area (Å²) >= 11 is 0. The van der Waals surface area contributed by atoms with Crippen LogP contribution >= 0.6 is 0 Å². The third-order valence-electron chi connectivity index (χ3n) is 8.71. The van der Waals surface area contributed by atoms with Crippen molar-refractivity contribution < 1.29 is 15.8 Å². The van der Waals surface area contributed by atoms with Gasteiger partial charge in [-0.25, -0.2) is 9.59 Å². The third kappa shape index (κ3) is 7.84. The van der Waals surface area contributed by atoms with Gasteiger partial charge in [0.2, 0.25) is 0 Å². The largest absolute Gasteiger partial charge is 0.444 e. The fourth-order valence-electron chi connectivity index (χ4n) is 7.35. The highest BCUT2D eigenvalue weighted by atomic mass is 16.6. The van der Waals surface area contributed by atoms with Crippen molar-refractivity contribution >= 4 is 12.1 Å². The monoisotopic (exact) mass is 514 g/mol. The van der Waals surface area contributed by atoms with Crippen LogP contribution in [0.3, 0.4) is 0 Å². The van der Waals surface area contributed by atoms with E-state index in [1.165, 1.54) is 44.1 Å². The van der Waals surface area contributed by atoms with Gasteiger partial charge in [-0.15, -0.1) is 0 Å². The molecule has 0 spiro atoms. The number of urea groups is 1. The second-order valence-corrected chi connectivity index (χ2v) is 13.4. The Bertz CT molecular complexity index is 885. The number of nitrogens with zero attached hydrogens (tertiary/aromatic N) is 3. The molecular formula is C30H50N4O3. The van der Waals surface area contributed by atoms with E-state index in [4.69, 9.17) is 4.74 Å². The molecule has 1 heterocycles. The van der Waals surface area contributed by atoms with Crippen LogP contribution in [0, 0.1) is 29.1 Å². The molecule has 37 heavy (non-hydrogen) atoms. The van der Waals surface area contributed by atoms with Crippen LogP contribution in [0.25, 0.3) is 0 Å². The van der Waals surface area contributed by atoms with Crippen molar-refractivity contribution in [3.8, 4) is 0 Å². The fraction of sp³-hybridized carbons (Fsp3) is 0.767. The van der Waals surface area contributed by atoms with Gasteiger partial charge in [0.1, 0.15) is 5.60 Å². The summed E-state index contributed by atoms with van der Waals surface area (Å²) in [5.74, 6) is 3.03. The first-order valence-corrected chi connectivity index (χ1v) is 14.4. The molecule has 7 nitrogen and oxygen atoms in total. The fourth-order valence-corrected chi connectivity index (χ4v) is 7.35. The van der Waals surface area contributed by atoms with E-state index in [1.807, 2.05) is 50.2 Å². The highest BCUT2D eigenvalue weighted by molar-refractivity contribution is 5.74. The molecule has 0 radical (unpaired) electrons. The van der Waals surface area contributed by atoms with Gasteiger partial charge < -0.3 is 19.9 Å². The van der Waals surface area contributed by atoms with Gasteiger partial charge in [-0.3, -0.25) is 4.98 Å². The van der Waals surface area contributed by atoms with Crippen LogP contribution in [-0.2, 0) is 11.2 Å². The summed E-state index contributed by atoms with van der Waals surface area (Å²) in [6.07, 6.45) is 13.6. The van der Waals surface area contributed by atoms with Gasteiger partial charge in [-0.2, -0.15) is 0 Å². The quantitative estimate of drug-likeness (QED) is 0.416. The molecule has 1 N–H and O–H groups in total. The Morgan fingerprint density at radius 1 is 1.08 bits per heavy atom. The molecule has 0 saturated heterocycles. The lowest BCUT2D eigenvalue weighted by molar-refractivity contribution is -0.0597. The second kappa shape index (κ2) is 11.6. The minimum absolute atomic E-state index is 0. The van der Waals surface area contributed by atoms with E-state index in [0.29, 0.717) is 31.0 Å². The standard InChI is InChI=1S/C30H48N4O3.H2/c1-22(14-23-6-9-31-10-7-23)21-32-27(35)34(13-12-33(5)28(36)37-29(2,3)4)11-8-30-18-24-15-25(19-30)17-26(16-24)20-30;/h6-7,9-10,22,24-26H,8,11-21H2,1-5H3,(H,32,35);1H. The zero-order valence-electron chi connectivity index (χ0n) is 23.7. The highest BCUT2D eigenvalue weighted by Gasteiger charge is 2.50. The summed E-state index contributed by atoms with van der Waals surface area (Å²) in [6.45, 7) is 10.1. The van der Waals surface area contributed by atoms with Crippen molar-refractivity contribution in [2.24, 2.45) is 29.1 Å². The number of rotatable bonds is 10. The number of hydrogen-bond acceptors (Lipinski definition) is 4. The average Bonchev–Trinajstić information content (AvgIpc) is 2.81. The number of amides is 3. The number of aromatic nitrogens is 1. The normalized spacial score (nSPS) is 27.0. The number of carbonyl (C=O) groups is 2. The Balaban J connectivity index is 0.00000400. The van der Waals surface area contributed by atoms with E-state index < -0.39 is 5.60 Å². The molecule has 7 heteroatoms. The Morgan fingerprint density at radius 2 is 1.68 bits per heavy atom. The molecule has 4 fully saturated rings. The predicted octanol–water partition coefficient (Wildman–Crippen LogP) is 5.99. The molecule has 1 unspecified atom stereocenters. The lowest BCUT2D eigenvalue weighted by atomic mass is 9.49. The Kier molecular flexibility index (Phi) is 8.70. The van der Waals surface area contributed by atoms with E-state index >= 15 is 0 Å². The molecule has 1 aromatic heterocycles. The summed E-state index contributed by atoms with van der Waals surface area (Å²) in [6, 6.07) is 4.04. The molecule has 1 atom stereocenters. The molecule has 0 aromatic carbocycles. The first-order chi connectivity index (χ1) is 17.5. The van der Waals surface area contributed by atoms with E-state index in [2.05, 4.69) is 17.2 Å². The summed E-state index contributed by atoms with van der Waals surface area (Å²) in [5.41, 5.74) is 1.11. The molecule has 4 bridgehead atoms. The average molecular weight is 515 g/mol. The summed E-state index contributed by atoms with van der Waals surface area (Å²) in [5, 5.41) is 3.19. The highest BCUT2D eigenvalue weighted by Crippen LogP contribution is 2.61. The first kappa shape index (κ1) is 27.7. The van der Waals surface area contributed by atoms with Gasteiger partial charge in [0.05, 0.1) is 0 Å². The number of ether oxygens (including phenoxy) is 1. The van der Waals surface area contributed by atoms with Gasteiger partial charge in [-0.1, -0.05) is 6.92 Å². The molecule has 4 saturated carbocycles. The van der Waals surface area contributed by atoms with Crippen LogP contribution in [0.2, 0.25) is 0 Å². The van der Waals surface area contributed by atoms with Crippen molar-refractivity contribution in [2.75, 3.05) is 33.2 Å². The molecule has 4 aliphatic rings. The minimum atomic E-state index is -0.536. The van der Waals surface area contributed by atoms with Gasteiger partial charge in [-0.05, 0) is 119 Å². The molecule has 4 aliphatic carbocycles. The zero-order chi connectivity index (χ0) is 26.6. The van der Waals surface area contributed by atoms with Crippen molar-refractivity contribution in [3.63, 3.8) is 0 Å². The van der Waals surface area contributed by atoms with Crippen LogP contribution in [0.4, 0.5) is 9.59 Å². The van der Waals surface area contributed by atoms with E-state index in [1.54, 1.807) is 11.9 Å². The maximum Gasteiger partial charge on any atom is 0.410 e. The number of carbonyl (C=O) groups excluding carboxylic acids is 2. The van der Waals surface area contributed by atoms with Gasteiger partial charge in [0.15, 0.2) is 0 Å². The van der Waals surface area contributed by atoms with Gasteiger partial charge in [0, 0.05) is 47.0 Å². The molecule has 208 valence electrons. The maximum atomic E-state index is 13.4. The third-order valence-corrected chi connectivity index (χ3v) is 8.71. The van der Waals surface area contributed by atoms with E-state index in [0.717, 1.165) is 37.1 Å². The topological polar surface area (TPSA) is 74.8 Å². The number of hydrogen-bond donors (Lipinski definition) is 1. The molecule has 3 amide bonds. The lowest BCUT2D eigenvalue weighted by Crippen LogP contribution is -2.50. The van der Waals surface area contributed by atoms with Crippen molar-refractivity contribution in [2.45, 2.75) is 84.7 Å². The number of likely N-dealkylation sites (N-methyl/N-ethyl adjacent to an activating group) is 1. The van der Waals surface area contributed by atoms with Crippen LogP contribution in [0.5, 0.6) is 0 Å². The van der Waals surface area contributed by atoms with Gasteiger partial charge in [0.25, 0.3) is 0 Å². The maximum absolute atomic E-state index is 13.4. The molecule has 5 rings (SSSR count). The van der Waals surface area contributed by atoms with E-state index in [-0.39, 0.29) is 13.6 Å². The predicted molar refractivity (Wildman–Crippen MR) is 148 cm³/mol. The van der Waals surface area contributed by atoms with Gasteiger partial charge >= 0.3 is 12.1 Å². The van der Waals surface area contributed by atoms with Crippen molar-refractivity contribution in [1.82, 2.24) is 20.1 Å². The summed E-state index contributed by atoms with van der Waals surface area (Å²) < 4.78 is 5.52. The molecule has 1 aromatic rings. The number of nitrogens with one attached hydrogen (secondary N) is 1. The Morgan fingerprint density at radius 3 is 2.24 bits per heavy atom. The summed E-state index contributed by atoms with van der Waals surface area (Å²) in [7, 11) is 1.75. The molecular weight excluding hydrogens is 464 g/mol. The van der Waals surface area contributed by atoms with Crippen LogP contribution in [0.1, 0.15) is 79.6 Å². The van der Waals surface area contributed by atoms with Crippen LogP contribution < -0.4 is 5.32 Å². The minimum Gasteiger partial charge on any atom is -0.444 e. The smallest absolute Gasteiger partial charge is 0.410 e. The first-order valence-electron chi connectivity index (χ1n) is 14.4. The SMILES string of the molecule is CC(CNC(=O)N(CCN(C)C(=O)OC(C)(C)C)CCC12CC3CC(CC(C3)C1)C2)Cc1ccncc1.[HH]. The Hall–Kier alpha value is -2.31. The number of pyridine rings is 1. The second-order valence-electron chi connectivity index (χ2n) is 13.4. The molecule has 0 aliphatic heterocycles. The van der Waals surface area contributed by atoms with Crippen molar-refractivity contribution in [3.05, 3.63) is 30.1 Å². The van der Waals surface area contributed by atoms with Crippen molar-refractivity contribution in [1.29, 1.82) is 0 Å². The van der Waals surface area contributed by atoms with Crippen LogP contribution in [0.15, 0.2) is 24.5 Å². The zero-order valence-corrected chi connectivity index (χ0v) is 23.7. The van der Waals surface area contributed by atoms with Crippen LogP contribution in [-0.4, -0.2) is 65.7 Å². The summed E-state index contributed by atoms with van der Waals surface area (Å²) in [4.78, 5) is 33.5. The van der Waals surface area contributed by atoms with E-state index in [9.17, 15) is 9.59 Å².